The van der Waals surface area contributed by atoms with E-state index in [-0.39, 0.29) is 24.5 Å². The van der Waals surface area contributed by atoms with Gasteiger partial charge < -0.3 is 15.3 Å². The van der Waals surface area contributed by atoms with E-state index in [9.17, 15) is 9.59 Å². The highest BCUT2D eigenvalue weighted by Gasteiger charge is 2.25. The van der Waals surface area contributed by atoms with Crippen LogP contribution in [0.5, 0.6) is 0 Å². The molecule has 6 heteroatoms. The summed E-state index contributed by atoms with van der Waals surface area (Å²) >= 11 is 1.85. The molecule has 1 saturated heterocycles. The fraction of sp³-hybridized carbons (Fsp3) is 0.833. The number of carboxylic acids is 1. The number of nitrogens with one attached hydrogen (secondary N) is 1. The van der Waals surface area contributed by atoms with Gasteiger partial charge in [0, 0.05) is 24.9 Å². The van der Waals surface area contributed by atoms with E-state index < -0.39 is 5.97 Å². The van der Waals surface area contributed by atoms with Crippen molar-refractivity contribution in [3.8, 4) is 0 Å². The highest BCUT2D eigenvalue weighted by molar-refractivity contribution is 7.99. The molecule has 0 saturated carbocycles. The number of carbonyl (C=O) groups is 2. The second-order valence-corrected chi connectivity index (χ2v) is 5.81. The topological polar surface area (TPSA) is 69.6 Å². The Balaban J connectivity index is 2.45. The van der Waals surface area contributed by atoms with Crippen LogP contribution in [0.2, 0.25) is 0 Å². The van der Waals surface area contributed by atoms with Gasteiger partial charge in [0.1, 0.15) is 0 Å². The lowest BCUT2D eigenvalue weighted by Gasteiger charge is -2.26. The van der Waals surface area contributed by atoms with Crippen LogP contribution >= 0.6 is 11.8 Å². The number of amides is 2. The zero-order valence-corrected chi connectivity index (χ0v) is 11.8. The number of thioether (sulfide) groups is 1. The van der Waals surface area contributed by atoms with Gasteiger partial charge >= 0.3 is 12.0 Å². The minimum atomic E-state index is -0.868. The van der Waals surface area contributed by atoms with Crippen LogP contribution in [0.15, 0.2) is 0 Å². The third-order valence-corrected chi connectivity index (χ3v) is 4.30. The Morgan fingerprint density at radius 3 is 2.78 bits per heavy atom. The first-order valence-corrected chi connectivity index (χ1v) is 7.53. The SMILES string of the molecule is CCCC(CC(=O)O)NC(=O)N(C)C1CCSC1. The van der Waals surface area contributed by atoms with Crippen molar-refractivity contribution in [1.82, 2.24) is 10.2 Å². The molecule has 2 N–H and O–H groups in total. The summed E-state index contributed by atoms with van der Waals surface area (Å²) in [5, 5.41) is 11.6. The number of hydrogen-bond acceptors (Lipinski definition) is 3. The van der Waals surface area contributed by atoms with Gasteiger partial charge in [-0.25, -0.2) is 4.79 Å². The number of urea groups is 1. The van der Waals surface area contributed by atoms with Crippen LogP contribution in [0.1, 0.15) is 32.6 Å². The Labute approximate surface area is 112 Å². The maximum absolute atomic E-state index is 12.0. The Kier molecular flexibility index (Phi) is 6.32. The van der Waals surface area contributed by atoms with Gasteiger partial charge in [-0.3, -0.25) is 4.79 Å². The molecule has 0 bridgehead atoms. The molecule has 1 aliphatic rings. The molecule has 1 heterocycles. The van der Waals surface area contributed by atoms with Gasteiger partial charge in [0.25, 0.3) is 0 Å². The van der Waals surface area contributed by atoms with Crippen LogP contribution < -0.4 is 5.32 Å². The predicted octanol–water partition coefficient (Wildman–Crippen LogP) is 1.78. The van der Waals surface area contributed by atoms with Gasteiger partial charge in [0.05, 0.1) is 6.42 Å². The van der Waals surface area contributed by atoms with Crippen LogP contribution in [0.3, 0.4) is 0 Å². The molecule has 5 nitrogen and oxygen atoms in total. The number of aliphatic carboxylic acids is 1. The first-order chi connectivity index (χ1) is 8.54. The van der Waals surface area contributed by atoms with Gasteiger partial charge in [-0.15, -0.1) is 0 Å². The molecule has 0 radical (unpaired) electrons. The van der Waals surface area contributed by atoms with Crippen molar-refractivity contribution in [2.75, 3.05) is 18.6 Å². The molecule has 0 aliphatic carbocycles. The molecule has 2 unspecified atom stereocenters. The van der Waals surface area contributed by atoms with Crippen molar-refractivity contribution in [3.63, 3.8) is 0 Å². The minimum absolute atomic E-state index is 0.00711. The first-order valence-electron chi connectivity index (χ1n) is 6.37. The third kappa shape index (κ3) is 4.76. The molecule has 1 fully saturated rings. The summed E-state index contributed by atoms with van der Waals surface area (Å²) in [4.78, 5) is 24.4. The molecular formula is C12H22N2O3S. The Morgan fingerprint density at radius 2 is 2.28 bits per heavy atom. The van der Waals surface area contributed by atoms with Gasteiger partial charge in [-0.1, -0.05) is 13.3 Å². The van der Waals surface area contributed by atoms with Crippen LogP contribution in [-0.4, -0.2) is 52.6 Å². The van der Waals surface area contributed by atoms with Crippen molar-refractivity contribution in [3.05, 3.63) is 0 Å². The van der Waals surface area contributed by atoms with E-state index >= 15 is 0 Å². The molecule has 104 valence electrons. The summed E-state index contributed by atoms with van der Waals surface area (Å²) in [6, 6.07) is -0.138. The van der Waals surface area contributed by atoms with Crippen LogP contribution in [0, 0.1) is 0 Å². The molecular weight excluding hydrogens is 252 g/mol. The summed E-state index contributed by atoms with van der Waals surface area (Å²) < 4.78 is 0. The lowest BCUT2D eigenvalue weighted by molar-refractivity contribution is -0.137. The lowest BCUT2D eigenvalue weighted by Crippen LogP contribution is -2.47. The first kappa shape index (κ1) is 15.1. The number of carbonyl (C=O) groups excluding carboxylic acids is 1. The van der Waals surface area contributed by atoms with Crippen LogP contribution in [0.4, 0.5) is 4.79 Å². The fourth-order valence-corrected chi connectivity index (χ4v) is 3.32. The second-order valence-electron chi connectivity index (χ2n) is 4.66. The fourth-order valence-electron chi connectivity index (χ4n) is 2.05. The van der Waals surface area contributed by atoms with E-state index in [0.717, 1.165) is 24.3 Å². The highest BCUT2D eigenvalue weighted by Crippen LogP contribution is 2.21. The summed E-state index contributed by atoms with van der Waals surface area (Å²) in [5.74, 6) is 1.20. The second kappa shape index (κ2) is 7.51. The molecule has 1 aliphatic heterocycles. The Hall–Kier alpha value is -0.910. The largest absolute Gasteiger partial charge is 0.481 e. The van der Waals surface area contributed by atoms with E-state index in [0.29, 0.717) is 6.42 Å². The van der Waals surface area contributed by atoms with E-state index in [1.165, 1.54) is 0 Å². The average molecular weight is 274 g/mol. The molecule has 2 atom stereocenters. The summed E-state index contributed by atoms with van der Waals surface area (Å²) in [5.41, 5.74) is 0. The van der Waals surface area contributed by atoms with Crippen molar-refractivity contribution in [2.45, 2.75) is 44.7 Å². The number of carboxylic acid groups (broad SMARTS) is 1. The highest BCUT2D eigenvalue weighted by atomic mass is 32.2. The average Bonchev–Trinajstić information content (AvgIpc) is 2.80. The molecule has 1 rings (SSSR count). The van der Waals surface area contributed by atoms with Gasteiger partial charge in [0.15, 0.2) is 0 Å². The van der Waals surface area contributed by atoms with Gasteiger partial charge in [-0.05, 0) is 18.6 Å². The van der Waals surface area contributed by atoms with Crippen LogP contribution in [0.25, 0.3) is 0 Å². The summed E-state index contributed by atoms with van der Waals surface area (Å²) in [6.45, 7) is 1.98. The standard InChI is InChI=1S/C12H22N2O3S/c1-3-4-9(7-11(15)16)13-12(17)14(2)10-5-6-18-8-10/h9-10H,3-8H2,1-2H3,(H,13,17)(H,15,16). The van der Waals surface area contributed by atoms with Crippen molar-refractivity contribution >= 4 is 23.8 Å². The zero-order valence-electron chi connectivity index (χ0n) is 11.0. The third-order valence-electron chi connectivity index (χ3n) is 3.16. The van der Waals surface area contributed by atoms with Gasteiger partial charge in [-0.2, -0.15) is 11.8 Å². The van der Waals surface area contributed by atoms with E-state index in [2.05, 4.69) is 5.32 Å². The quantitative estimate of drug-likeness (QED) is 0.774. The normalized spacial score (nSPS) is 20.4. The molecule has 2 amide bonds. The minimum Gasteiger partial charge on any atom is -0.481 e. The van der Waals surface area contributed by atoms with E-state index in [1.54, 1.807) is 11.9 Å². The van der Waals surface area contributed by atoms with E-state index in [1.807, 2.05) is 18.7 Å². The monoisotopic (exact) mass is 274 g/mol. The summed E-state index contributed by atoms with van der Waals surface area (Å²) in [6.07, 6.45) is 2.57. The van der Waals surface area contributed by atoms with E-state index in [4.69, 9.17) is 5.11 Å². The smallest absolute Gasteiger partial charge is 0.317 e. The number of hydrogen-bond donors (Lipinski definition) is 2. The van der Waals surface area contributed by atoms with Crippen molar-refractivity contribution in [2.24, 2.45) is 0 Å². The van der Waals surface area contributed by atoms with Crippen LogP contribution in [-0.2, 0) is 4.79 Å². The maximum Gasteiger partial charge on any atom is 0.317 e. The van der Waals surface area contributed by atoms with Crippen molar-refractivity contribution < 1.29 is 14.7 Å². The molecule has 18 heavy (non-hydrogen) atoms. The molecule has 0 aromatic carbocycles. The molecule has 0 aromatic heterocycles. The number of rotatable bonds is 6. The predicted molar refractivity (Wildman–Crippen MR) is 73.0 cm³/mol. The van der Waals surface area contributed by atoms with Gasteiger partial charge in [0.2, 0.25) is 0 Å². The zero-order chi connectivity index (χ0) is 13.5. The lowest BCUT2D eigenvalue weighted by atomic mass is 10.1. The Bertz CT molecular complexity index is 293. The van der Waals surface area contributed by atoms with Crippen molar-refractivity contribution in [1.29, 1.82) is 0 Å². The molecule has 0 aromatic rings. The Morgan fingerprint density at radius 1 is 1.56 bits per heavy atom. The summed E-state index contributed by atoms with van der Waals surface area (Å²) in [7, 11) is 1.79. The molecule has 0 spiro atoms. The number of nitrogens with zero attached hydrogens (tertiary/aromatic N) is 1. The maximum atomic E-state index is 12.0.